The van der Waals surface area contributed by atoms with E-state index in [1.807, 2.05) is 42.5 Å². The maximum atomic E-state index is 14.0. The van der Waals surface area contributed by atoms with E-state index in [2.05, 4.69) is 24.0 Å². The molecule has 1 amide bonds. The van der Waals surface area contributed by atoms with Crippen molar-refractivity contribution in [3.05, 3.63) is 107 Å². The minimum absolute atomic E-state index is 0.00868. The van der Waals surface area contributed by atoms with E-state index in [0.717, 1.165) is 17.4 Å². The second-order valence-corrected chi connectivity index (χ2v) is 13.1. The molecule has 0 bridgehead atoms. The highest BCUT2D eigenvalue weighted by Gasteiger charge is 2.47. The Morgan fingerprint density at radius 3 is 2.58 bits per heavy atom. The van der Waals surface area contributed by atoms with Crippen molar-refractivity contribution >= 4 is 50.9 Å². The molecule has 0 saturated heterocycles. The van der Waals surface area contributed by atoms with Crippen molar-refractivity contribution in [2.24, 2.45) is 5.92 Å². The van der Waals surface area contributed by atoms with Gasteiger partial charge in [-0.2, -0.15) is 0 Å². The summed E-state index contributed by atoms with van der Waals surface area (Å²) in [7, 11) is 1.53. The number of carbonyl (C=O) groups is 2. The number of rotatable bonds is 12. The molecule has 1 aliphatic rings. The van der Waals surface area contributed by atoms with Crippen LogP contribution < -0.4 is 14.4 Å². The van der Waals surface area contributed by atoms with Crippen LogP contribution in [-0.4, -0.2) is 40.7 Å². The largest absolute Gasteiger partial charge is 0.503 e. The van der Waals surface area contributed by atoms with Gasteiger partial charge in [0, 0.05) is 11.1 Å². The highest BCUT2D eigenvalue weighted by atomic mass is 32.2. The zero-order valence-electron chi connectivity index (χ0n) is 24.9. The first kappa shape index (κ1) is 30.4. The summed E-state index contributed by atoms with van der Waals surface area (Å²) in [5, 5.41) is 20.9. The predicted octanol–water partition coefficient (Wildman–Crippen LogP) is 7.79. The Bertz CT molecular complexity index is 1850. The van der Waals surface area contributed by atoms with Crippen molar-refractivity contribution in [3.63, 3.8) is 0 Å². The SMILES string of the molecule is COc1cc(C2C(C(=O)c3cc4ccccc4o3)=C(O)C(=O)N2c2nnc(SCc3ccccc3)s2)ccc1OCCC(C)C. The van der Waals surface area contributed by atoms with Crippen molar-refractivity contribution in [3.8, 4) is 11.5 Å². The van der Waals surface area contributed by atoms with Gasteiger partial charge < -0.3 is 19.0 Å². The lowest BCUT2D eigenvalue weighted by Crippen LogP contribution is -2.31. The Hall–Kier alpha value is -4.61. The van der Waals surface area contributed by atoms with Crippen LogP contribution in [0.3, 0.4) is 0 Å². The number of thioether (sulfide) groups is 1. The standard InChI is InChI=1S/C34H31N3O6S2/c1-20(2)15-16-42-25-14-13-23(18-26(25)41-3)29-28(30(38)27-17-22-11-7-8-12-24(22)43-27)31(39)32(40)37(29)33-35-36-34(45-33)44-19-21-9-5-4-6-10-21/h4-14,17-18,20,29,39H,15-16,19H2,1-3H3. The Morgan fingerprint density at radius 2 is 1.82 bits per heavy atom. The molecule has 5 aromatic rings. The van der Waals surface area contributed by atoms with Crippen molar-refractivity contribution in [2.45, 2.75) is 36.4 Å². The van der Waals surface area contributed by atoms with E-state index in [-0.39, 0.29) is 16.5 Å². The van der Waals surface area contributed by atoms with E-state index in [9.17, 15) is 14.7 Å². The minimum Gasteiger partial charge on any atom is -0.503 e. The lowest BCUT2D eigenvalue weighted by atomic mass is 9.95. The fraction of sp³-hybridized carbons (Fsp3) is 0.235. The molecular formula is C34H31N3O6S2. The zero-order valence-corrected chi connectivity index (χ0v) is 26.6. The molecular weight excluding hydrogens is 611 g/mol. The van der Waals surface area contributed by atoms with Crippen LogP contribution in [0, 0.1) is 5.92 Å². The van der Waals surface area contributed by atoms with Crippen LogP contribution in [0.15, 0.2) is 99.0 Å². The first-order valence-corrected chi connectivity index (χ1v) is 16.2. The Balaban J connectivity index is 1.38. The number of ether oxygens (including phenoxy) is 2. The fourth-order valence-electron chi connectivity index (χ4n) is 5.03. The molecule has 1 atom stereocenters. The second-order valence-electron chi connectivity index (χ2n) is 10.9. The van der Waals surface area contributed by atoms with Gasteiger partial charge in [-0.15, -0.1) is 10.2 Å². The number of furan rings is 1. The monoisotopic (exact) mass is 641 g/mol. The van der Waals surface area contributed by atoms with Crippen molar-refractivity contribution < 1.29 is 28.6 Å². The van der Waals surface area contributed by atoms with Crippen LogP contribution in [0.4, 0.5) is 5.13 Å². The molecule has 3 aromatic carbocycles. The van der Waals surface area contributed by atoms with Crippen LogP contribution in [0.2, 0.25) is 0 Å². The number of methoxy groups -OCH3 is 1. The highest BCUT2D eigenvalue weighted by molar-refractivity contribution is 8.00. The van der Waals surface area contributed by atoms with Crippen molar-refractivity contribution in [1.29, 1.82) is 0 Å². The van der Waals surface area contributed by atoms with Crippen LogP contribution in [0.1, 0.15) is 48.0 Å². The molecule has 1 unspecified atom stereocenters. The van der Waals surface area contributed by atoms with Crippen LogP contribution in [0.25, 0.3) is 11.0 Å². The number of anilines is 1. The van der Waals surface area contributed by atoms with E-state index in [0.29, 0.717) is 45.3 Å². The number of para-hydroxylation sites is 1. The summed E-state index contributed by atoms with van der Waals surface area (Å²) in [6, 6.07) is 23.0. The van der Waals surface area contributed by atoms with Gasteiger partial charge in [0.1, 0.15) is 5.58 Å². The third-order valence-electron chi connectivity index (χ3n) is 7.37. The summed E-state index contributed by atoms with van der Waals surface area (Å²) in [6.45, 7) is 4.74. The normalized spacial score (nSPS) is 15.0. The molecule has 2 aromatic heterocycles. The van der Waals surface area contributed by atoms with Crippen LogP contribution in [0.5, 0.6) is 11.5 Å². The molecule has 11 heteroatoms. The highest BCUT2D eigenvalue weighted by Crippen LogP contribution is 2.46. The average Bonchev–Trinajstić information content (AvgIpc) is 3.76. The van der Waals surface area contributed by atoms with E-state index < -0.39 is 23.5 Å². The maximum absolute atomic E-state index is 14.0. The molecule has 0 saturated carbocycles. The fourth-order valence-corrected chi connectivity index (χ4v) is 6.86. The Kier molecular flexibility index (Phi) is 8.90. The molecule has 1 aliphatic heterocycles. The number of carbonyl (C=O) groups excluding carboxylic acids is 2. The van der Waals surface area contributed by atoms with Gasteiger partial charge in [0.2, 0.25) is 10.9 Å². The Labute approximate surface area is 268 Å². The van der Waals surface area contributed by atoms with Crippen LogP contribution >= 0.6 is 23.1 Å². The summed E-state index contributed by atoms with van der Waals surface area (Å²) < 4.78 is 18.1. The predicted molar refractivity (Wildman–Crippen MR) is 174 cm³/mol. The minimum atomic E-state index is -1.03. The van der Waals surface area contributed by atoms with E-state index in [1.54, 1.807) is 36.4 Å². The van der Waals surface area contributed by atoms with Gasteiger partial charge in [-0.1, -0.05) is 91.5 Å². The van der Waals surface area contributed by atoms with Crippen LogP contribution in [-0.2, 0) is 10.5 Å². The zero-order chi connectivity index (χ0) is 31.5. The third kappa shape index (κ3) is 6.31. The summed E-state index contributed by atoms with van der Waals surface area (Å²) >= 11 is 2.70. The summed E-state index contributed by atoms with van der Waals surface area (Å²) in [5.74, 6) is 0.0754. The number of aliphatic hydroxyl groups is 1. The first-order chi connectivity index (χ1) is 21.8. The number of aliphatic hydroxyl groups excluding tert-OH is 1. The number of nitrogens with zero attached hydrogens (tertiary/aromatic N) is 3. The number of ketones is 1. The average molecular weight is 642 g/mol. The number of Topliss-reactive ketones (excluding diaryl/α,β-unsaturated/α-hetero) is 1. The lowest BCUT2D eigenvalue weighted by molar-refractivity contribution is -0.117. The summed E-state index contributed by atoms with van der Waals surface area (Å²) in [4.78, 5) is 29.1. The molecule has 1 N–H and O–H groups in total. The number of benzene rings is 3. The third-order valence-corrected chi connectivity index (χ3v) is 9.49. The van der Waals surface area contributed by atoms with Gasteiger partial charge in [0.15, 0.2) is 27.4 Å². The van der Waals surface area contributed by atoms with Gasteiger partial charge in [0.25, 0.3) is 5.91 Å². The van der Waals surface area contributed by atoms with Gasteiger partial charge >= 0.3 is 0 Å². The number of amides is 1. The summed E-state index contributed by atoms with van der Waals surface area (Å²) in [6.07, 6.45) is 0.865. The van der Waals surface area contributed by atoms with E-state index >= 15 is 0 Å². The van der Waals surface area contributed by atoms with Crippen molar-refractivity contribution in [2.75, 3.05) is 18.6 Å². The van der Waals surface area contributed by atoms with E-state index in [4.69, 9.17) is 13.9 Å². The molecule has 6 rings (SSSR count). The number of hydrogen-bond donors (Lipinski definition) is 1. The topological polar surface area (TPSA) is 115 Å². The smallest absolute Gasteiger partial charge is 0.296 e. The Morgan fingerprint density at radius 1 is 1.04 bits per heavy atom. The molecule has 45 heavy (non-hydrogen) atoms. The number of aromatic nitrogens is 2. The van der Waals surface area contributed by atoms with E-state index in [1.165, 1.54) is 35.1 Å². The number of hydrogen-bond acceptors (Lipinski definition) is 10. The lowest BCUT2D eigenvalue weighted by Gasteiger charge is -2.24. The van der Waals surface area contributed by atoms with Gasteiger partial charge in [-0.05, 0) is 47.7 Å². The van der Waals surface area contributed by atoms with Gasteiger partial charge in [-0.3, -0.25) is 14.5 Å². The van der Waals surface area contributed by atoms with Gasteiger partial charge in [-0.25, -0.2) is 0 Å². The van der Waals surface area contributed by atoms with Crippen molar-refractivity contribution in [1.82, 2.24) is 10.2 Å². The molecule has 3 heterocycles. The molecule has 0 radical (unpaired) electrons. The quantitative estimate of drug-likeness (QED) is 0.0828. The molecule has 0 spiro atoms. The second kappa shape index (κ2) is 13.2. The van der Waals surface area contributed by atoms with Gasteiger partial charge in [0.05, 0.1) is 25.3 Å². The molecule has 230 valence electrons. The maximum Gasteiger partial charge on any atom is 0.296 e. The molecule has 0 fully saturated rings. The molecule has 9 nitrogen and oxygen atoms in total. The molecule has 0 aliphatic carbocycles. The summed E-state index contributed by atoms with van der Waals surface area (Å²) in [5.41, 5.74) is 2.04. The number of fused-ring (bicyclic) bond motifs is 1. The first-order valence-electron chi connectivity index (χ1n) is 14.4.